The van der Waals surface area contributed by atoms with E-state index in [9.17, 15) is 0 Å². The summed E-state index contributed by atoms with van der Waals surface area (Å²) >= 11 is 0. The quantitative estimate of drug-likeness (QED) is 0.168. The lowest BCUT2D eigenvalue weighted by molar-refractivity contribution is 0.751. The highest BCUT2D eigenvalue weighted by Crippen LogP contribution is 2.58. The standard InChI is InChI=1S/C54H37BN4/c1-32-28-35(54-57-25-13-26-58-54)29-34-30-42-49-44(24-27-56-53(49)51-38-19-9-8-18-37(38)47(50(42)51)33-14-4-2-5-15-33)55(52(32)34)43-22-12-21-39-41(43)31-46-48(39)40-20-10-11-23-45(40)59(46)36-16-6-3-7-17-36/h2-29,42,47H,30-31H2,1H3. The molecule has 5 heteroatoms. The van der Waals surface area contributed by atoms with E-state index in [1.165, 1.54) is 99.9 Å². The second-order valence-electron chi connectivity index (χ2n) is 16.6. The first kappa shape index (κ1) is 32.9. The van der Waals surface area contributed by atoms with E-state index in [1.807, 2.05) is 18.5 Å². The van der Waals surface area contributed by atoms with Crippen LogP contribution in [0.2, 0.25) is 0 Å². The van der Waals surface area contributed by atoms with E-state index in [-0.39, 0.29) is 18.5 Å². The van der Waals surface area contributed by atoms with E-state index >= 15 is 0 Å². The van der Waals surface area contributed by atoms with Crippen molar-refractivity contribution in [3.05, 3.63) is 226 Å². The van der Waals surface area contributed by atoms with E-state index in [4.69, 9.17) is 15.0 Å². The molecule has 0 amide bonds. The Bertz CT molecular complexity index is 3240. The molecule has 4 nitrogen and oxygen atoms in total. The number of fused-ring (bicyclic) bond motifs is 10. The van der Waals surface area contributed by atoms with Crippen molar-refractivity contribution in [1.29, 1.82) is 0 Å². The van der Waals surface area contributed by atoms with Crippen molar-refractivity contribution in [3.8, 4) is 28.2 Å². The maximum Gasteiger partial charge on any atom is 0.242 e. The number of para-hydroxylation sites is 2. The van der Waals surface area contributed by atoms with E-state index in [2.05, 4.69) is 163 Å². The predicted molar refractivity (Wildman–Crippen MR) is 240 cm³/mol. The Kier molecular flexibility index (Phi) is 6.95. The van der Waals surface area contributed by atoms with Crippen molar-refractivity contribution >= 4 is 39.6 Å². The summed E-state index contributed by atoms with van der Waals surface area (Å²) in [6.45, 7) is 2.32. The minimum atomic E-state index is 0.0123. The highest BCUT2D eigenvalue weighted by atomic mass is 15.0. The first-order chi connectivity index (χ1) is 29.2. The highest BCUT2D eigenvalue weighted by molar-refractivity contribution is 6.97. The molecule has 2 atom stereocenters. The lowest BCUT2D eigenvalue weighted by atomic mass is 9.34. The van der Waals surface area contributed by atoms with Crippen LogP contribution in [0, 0.1) is 6.92 Å². The Morgan fingerprint density at radius 2 is 1.42 bits per heavy atom. The van der Waals surface area contributed by atoms with Crippen molar-refractivity contribution < 1.29 is 0 Å². The van der Waals surface area contributed by atoms with Gasteiger partial charge in [-0.1, -0.05) is 137 Å². The van der Waals surface area contributed by atoms with E-state index in [1.54, 1.807) is 0 Å². The fourth-order valence-electron chi connectivity index (χ4n) is 11.6. The van der Waals surface area contributed by atoms with E-state index in [0.29, 0.717) is 0 Å². The summed E-state index contributed by atoms with van der Waals surface area (Å²) in [6.07, 6.45) is 7.54. The Morgan fingerprint density at radius 3 is 2.29 bits per heavy atom. The molecule has 2 unspecified atom stereocenters. The molecule has 13 rings (SSSR count). The molecule has 1 aliphatic heterocycles. The molecular weight excluding hydrogens is 715 g/mol. The van der Waals surface area contributed by atoms with Crippen molar-refractivity contribution in [2.45, 2.75) is 31.6 Å². The molecule has 0 spiro atoms. The molecule has 0 saturated carbocycles. The number of hydrogen-bond donors (Lipinski definition) is 0. The fourth-order valence-corrected chi connectivity index (χ4v) is 11.6. The Balaban J connectivity index is 1.08. The molecule has 3 aliphatic carbocycles. The summed E-state index contributed by atoms with van der Waals surface area (Å²) in [6, 6.07) is 56.1. The van der Waals surface area contributed by atoms with Crippen LogP contribution >= 0.6 is 0 Å². The molecule has 9 aromatic rings. The van der Waals surface area contributed by atoms with Gasteiger partial charge >= 0.3 is 0 Å². The first-order valence-electron chi connectivity index (χ1n) is 20.8. The largest absolute Gasteiger partial charge is 0.313 e. The maximum absolute atomic E-state index is 5.34. The van der Waals surface area contributed by atoms with Gasteiger partial charge in [0.1, 0.15) is 0 Å². The van der Waals surface area contributed by atoms with E-state index in [0.717, 1.165) is 29.9 Å². The normalized spacial score (nSPS) is 16.7. The number of aryl methyl sites for hydroxylation is 1. The topological polar surface area (TPSA) is 43.6 Å². The lowest BCUT2D eigenvalue weighted by Gasteiger charge is -2.25. The molecule has 276 valence electrons. The molecule has 0 radical (unpaired) electrons. The number of allylic oxidation sites excluding steroid dienone is 1. The number of pyridine rings is 1. The molecular formula is C54H37BN4. The van der Waals surface area contributed by atoms with Crippen molar-refractivity contribution in [3.63, 3.8) is 0 Å². The first-order valence-corrected chi connectivity index (χ1v) is 20.8. The smallest absolute Gasteiger partial charge is 0.242 e. The van der Waals surface area contributed by atoms with Crippen LogP contribution in [-0.4, -0.2) is 26.2 Å². The third-order valence-corrected chi connectivity index (χ3v) is 13.7. The number of hydrogen-bond acceptors (Lipinski definition) is 3. The zero-order valence-electron chi connectivity index (χ0n) is 32.6. The van der Waals surface area contributed by atoms with Crippen molar-refractivity contribution in [2.75, 3.05) is 0 Å². The third kappa shape index (κ3) is 4.59. The van der Waals surface area contributed by atoms with Crippen LogP contribution in [0.25, 0.3) is 44.7 Å². The number of aromatic nitrogens is 4. The van der Waals surface area contributed by atoms with Gasteiger partial charge < -0.3 is 4.57 Å². The number of nitrogens with zero attached hydrogens (tertiary/aromatic N) is 4. The molecule has 0 bridgehead atoms. The highest BCUT2D eigenvalue weighted by Gasteiger charge is 2.48. The molecule has 0 fully saturated rings. The molecule has 0 N–H and O–H groups in total. The maximum atomic E-state index is 5.34. The summed E-state index contributed by atoms with van der Waals surface area (Å²) in [5.41, 5.74) is 25.3. The molecule has 59 heavy (non-hydrogen) atoms. The molecule has 3 aromatic heterocycles. The van der Waals surface area contributed by atoms with Gasteiger partial charge in [-0.05, 0) is 94.8 Å². The van der Waals surface area contributed by atoms with Gasteiger partial charge in [-0.15, -0.1) is 0 Å². The summed E-state index contributed by atoms with van der Waals surface area (Å²) in [5, 5.41) is 1.31. The van der Waals surface area contributed by atoms with Crippen LogP contribution in [0.3, 0.4) is 0 Å². The second-order valence-corrected chi connectivity index (χ2v) is 16.6. The van der Waals surface area contributed by atoms with Gasteiger partial charge in [0.2, 0.25) is 6.71 Å². The van der Waals surface area contributed by atoms with Gasteiger partial charge in [-0.2, -0.15) is 0 Å². The van der Waals surface area contributed by atoms with Gasteiger partial charge in [0.25, 0.3) is 0 Å². The number of benzene rings is 6. The third-order valence-electron chi connectivity index (χ3n) is 13.7. The van der Waals surface area contributed by atoms with Crippen molar-refractivity contribution in [1.82, 2.24) is 19.5 Å². The summed E-state index contributed by atoms with van der Waals surface area (Å²) in [7, 11) is 0. The average molecular weight is 753 g/mol. The SMILES string of the molecule is Cc1cc(-c2ncccn2)cc2c1B(c1cccc3c1Cc1c-3c3ccccc3n1-c1ccccc1)c1ccnc3c1C(C2)C1=C3c2ccccc2C1c1ccccc1. The lowest BCUT2D eigenvalue weighted by Crippen LogP contribution is -2.55. The summed E-state index contributed by atoms with van der Waals surface area (Å²) in [4.78, 5) is 14.8. The molecule has 6 aromatic carbocycles. The van der Waals surface area contributed by atoms with Crippen LogP contribution in [0.4, 0.5) is 0 Å². The molecule has 4 heterocycles. The van der Waals surface area contributed by atoms with Crippen molar-refractivity contribution in [2.24, 2.45) is 0 Å². The number of rotatable bonds is 4. The zero-order chi connectivity index (χ0) is 38.8. The monoisotopic (exact) mass is 752 g/mol. The molecule has 0 saturated heterocycles. The van der Waals surface area contributed by atoms with Crippen LogP contribution < -0.4 is 16.4 Å². The van der Waals surface area contributed by atoms with E-state index < -0.39 is 0 Å². The minimum Gasteiger partial charge on any atom is -0.313 e. The minimum absolute atomic E-state index is 0.0123. The summed E-state index contributed by atoms with van der Waals surface area (Å²) < 4.78 is 2.50. The van der Waals surface area contributed by atoms with Gasteiger partial charge in [-0.25, -0.2) is 9.97 Å². The van der Waals surface area contributed by atoms with Crippen LogP contribution in [0.15, 0.2) is 176 Å². The Morgan fingerprint density at radius 1 is 0.661 bits per heavy atom. The van der Waals surface area contributed by atoms with Crippen LogP contribution in [0.1, 0.15) is 62.2 Å². The zero-order valence-corrected chi connectivity index (χ0v) is 32.6. The predicted octanol–water partition coefficient (Wildman–Crippen LogP) is 9.48. The Labute approximate surface area is 343 Å². The van der Waals surface area contributed by atoms with Gasteiger partial charge in [0.05, 0.1) is 11.2 Å². The average Bonchev–Trinajstić information content (AvgIpc) is 3.99. The van der Waals surface area contributed by atoms with Gasteiger partial charge in [-0.3, -0.25) is 4.98 Å². The summed E-state index contributed by atoms with van der Waals surface area (Å²) in [5.74, 6) is 1.09. The van der Waals surface area contributed by atoms with Gasteiger partial charge in [0.15, 0.2) is 5.82 Å². The van der Waals surface area contributed by atoms with Crippen LogP contribution in [0.5, 0.6) is 0 Å². The van der Waals surface area contributed by atoms with Crippen LogP contribution in [-0.2, 0) is 12.8 Å². The molecule has 4 aliphatic rings. The second kappa shape index (κ2) is 12.4. The Hall–Kier alpha value is -7.11. The fraction of sp³-hybridized carbons (Fsp3) is 0.0926. The van der Waals surface area contributed by atoms with Gasteiger partial charge in [0, 0.05) is 70.3 Å².